The SMILES string of the molecule is CCCC12C=NC=CCC(CC)(CC1)N2. The van der Waals surface area contributed by atoms with Crippen molar-refractivity contribution in [1.82, 2.24) is 5.32 Å². The number of hydrogen-bond donors (Lipinski definition) is 1. The molecule has 0 aromatic heterocycles. The number of hydrogen-bond acceptors (Lipinski definition) is 2. The zero-order valence-electron chi connectivity index (χ0n) is 9.92. The zero-order chi connectivity index (χ0) is 10.8. The van der Waals surface area contributed by atoms with E-state index in [-0.39, 0.29) is 5.54 Å². The van der Waals surface area contributed by atoms with E-state index >= 15 is 0 Å². The smallest absolute Gasteiger partial charge is 0.0543 e. The van der Waals surface area contributed by atoms with E-state index in [4.69, 9.17) is 0 Å². The molecule has 15 heavy (non-hydrogen) atoms. The molecule has 2 rings (SSSR count). The molecule has 0 spiro atoms. The molecule has 1 saturated heterocycles. The highest BCUT2D eigenvalue weighted by atomic mass is 15.1. The fraction of sp³-hybridized carbons (Fsp3) is 0.769. The van der Waals surface area contributed by atoms with Gasteiger partial charge in [-0.2, -0.15) is 0 Å². The van der Waals surface area contributed by atoms with Crippen molar-refractivity contribution in [2.45, 2.75) is 63.5 Å². The third-order valence-electron chi connectivity index (χ3n) is 3.96. The van der Waals surface area contributed by atoms with Gasteiger partial charge in [0.25, 0.3) is 0 Å². The summed E-state index contributed by atoms with van der Waals surface area (Å²) in [5, 5.41) is 3.87. The van der Waals surface area contributed by atoms with Crippen molar-refractivity contribution in [3.05, 3.63) is 12.3 Å². The van der Waals surface area contributed by atoms with Gasteiger partial charge in [0.2, 0.25) is 0 Å². The van der Waals surface area contributed by atoms with Crippen molar-refractivity contribution in [3.8, 4) is 0 Å². The lowest BCUT2D eigenvalue weighted by atomic mass is 9.90. The molecule has 2 aliphatic rings. The van der Waals surface area contributed by atoms with Gasteiger partial charge in [-0.1, -0.05) is 26.3 Å². The predicted octanol–water partition coefficient (Wildman–Crippen LogP) is 3.05. The van der Waals surface area contributed by atoms with Crippen LogP contribution in [0.4, 0.5) is 0 Å². The van der Waals surface area contributed by atoms with Crippen molar-refractivity contribution in [2.75, 3.05) is 0 Å². The first-order valence-electron chi connectivity index (χ1n) is 6.23. The number of rotatable bonds is 3. The predicted molar refractivity (Wildman–Crippen MR) is 65.3 cm³/mol. The van der Waals surface area contributed by atoms with E-state index in [9.17, 15) is 0 Å². The Hall–Kier alpha value is -0.630. The number of nitrogens with one attached hydrogen (secondary N) is 1. The Morgan fingerprint density at radius 1 is 1.33 bits per heavy atom. The van der Waals surface area contributed by atoms with Gasteiger partial charge in [-0.25, -0.2) is 0 Å². The summed E-state index contributed by atoms with van der Waals surface area (Å²) in [6.07, 6.45) is 13.6. The van der Waals surface area contributed by atoms with Crippen LogP contribution in [0, 0.1) is 0 Å². The van der Waals surface area contributed by atoms with E-state index in [1.807, 2.05) is 6.20 Å². The Morgan fingerprint density at radius 3 is 2.93 bits per heavy atom. The average molecular weight is 206 g/mol. The highest BCUT2D eigenvalue weighted by molar-refractivity contribution is 5.72. The van der Waals surface area contributed by atoms with Gasteiger partial charge >= 0.3 is 0 Å². The second-order valence-electron chi connectivity index (χ2n) is 5.03. The summed E-state index contributed by atoms with van der Waals surface area (Å²) in [6.45, 7) is 4.55. The van der Waals surface area contributed by atoms with Gasteiger partial charge in [0.1, 0.15) is 0 Å². The van der Waals surface area contributed by atoms with E-state index in [2.05, 4.69) is 36.4 Å². The van der Waals surface area contributed by atoms with E-state index in [1.165, 1.54) is 32.1 Å². The molecule has 0 radical (unpaired) electrons. The quantitative estimate of drug-likeness (QED) is 0.754. The first-order valence-corrected chi connectivity index (χ1v) is 6.23. The molecule has 1 N–H and O–H groups in total. The monoisotopic (exact) mass is 206 g/mol. The first kappa shape index (κ1) is 10.9. The molecule has 0 aromatic rings. The van der Waals surface area contributed by atoms with E-state index in [0.29, 0.717) is 5.54 Å². The van der Waals surface area contributed by atoms with Gasteiger partial charge in [-0.3, -0.25) is 4.99 Å². The maximum absolute atomic E-state index is 4.40. The standard InChI is InChI=1S/C13H22N2/c1-3-6-13-9-8-12(4-2,15-13)7-5-10-14-11-13/h5,10-11,15H,3-4,6-9H2,1-2H3. The Bertz CT molecular complexity index is 282. The van der Waals surface area contributed by atoms with Gasteiger partial charge in [0.15, 0.2) is 0 Å². The van der Waals surface area contributed by atoms with Gasteiger partial charge in [-0.05, 0) is 32.1 Å². The van der Waals surface area contributed by atoms with Crippen molar-refractivity contribution < 1.29 is 0 Å². The van der Waals surface area contributed by atoms with E-state index < -0.39 is 0 Å². The maximum Gasteiger partial charge on any atom is 0.0543 e. The first-order chi connectivity index (χ1) is 7.24. The Morgan fingerprint density at radius 2 is 2.20 bits per heavy atom. The molecule has 2 nitrogen and oxygen atoms in total. The van der Waals surface area contributed by atoms with E-state index in [1.54, 1.807) is 0 Å². The minimum atomic E-state index is 0.190. The lowest BCUT2D eigenvalue weighted by Crippen LogP contribution is -2.51. The fourth-order valence-electron chi connectivity index (χ4n) is 3.00. The van der Waals surface area contributed by atoms with E-state index in [0.717, 1.165) is 6.42 Å². The highest BCUT2D eigenvalue weighted by Gasteiger charge is 2.44. The van der Waals surface area contributed by atoms with Crippen molar-refractivity contribution in [2.24, 2.45) is 4.99 Å². The Balaban J connectivity index is 2.25. The lowest BCUT2D eigenvalue weighted by molar-refractivity contribution is 0.320. The second-order valence-corrected chi connectivity index (χ2v) is 5.03. The van der Waals surface area contributed by atoms with Crippen LogP contribution in [0.25, 0.3) is 0 Å². The number of aliphatic imine (C=N–C) groups is 1. The third kappa shape index (κ3) is 2.00. The lowest BCUT2D eigenvalue weighted by Gasteiger charge is -2.34. The largest absolute Gasteiger partial charge is 0.301 e. The van der Waals surface area contributed by atoms with Crippen molar-refractivity contribution in [3.63, 3.8) is 0 Å². The number of nitrogens with zero attached hydrogens (tertiary/aromatic N) is 1. The molecule has 0 amide bonds. The van der Waals surface area contributed by atoms with Crippen LogP contribution in [-0.4, -0.2) is 17.3 Å². The van der Waals surface area contributed by atoms with Gasteiger partial charge in [-0.15, -0.1) is 0 Å². The molecule has 84 valence electrons. The van der Waals surface area contributed by atoms with Crippen LogP contribution in [0.5, 0.6) is 0 Å². The minimum absolute atomic E-state index is 0.190. The summed E-state index contributed by atoms with van der Waals surface area (Å²) >= 11 is 0. The number of fused-ring (bicyclic) bond motifs is 2. The highest BCUT2D eigenvalue weighted by Crippen LogP contribution is 2.38. The van der Waals surface area contributed by atoms with Crippen LogP contribution < -0.4 is 5.32 Å². The van der Waals surface area contributed by atoms with Gasteiger partial charge in [0, 0.05) is 18.0 Å². The molecule has 2 bridgehead atoms. The summed E-state index contributed by atoms with van der Waals surface area (Å²) in [4.78, 5) is 4.40. The van der Waals surface area contributed by atoms with Crippen LogP contribution in [0.3, 0.4) is 0 Å². The molecule has 2 atom stereocenters. The molecule has 2 heteroatoms. The molecular formula is C13H22N2. The Labute approximate surface area is 92.9 Å². The van der Waals surface area contributed by atoms with Crippen LogP contribution in [0.2, 0.25) is 0 Å². The zero-order valence-corrected chi connectivity index (χ0v) is 9.92. The molecular weight excluding hydrogens is 184 g/mol. The molecule has 0 saturated carbocycles. The molecule has 2 heterocycles. The molecule has 2 unspecified atom stereocenters. The summed E-state index contributed by atoms with van der Waals surface area (Å²) in [5.41, 5.74) is 0.535. The fourth-order valence-corrected chi connectivity index (χ4v) is 3.00. The normalized spacial score (nSPS) is 39.1. The molecule has 2 aliphatic heterocycles. The summed E-state index contributed by atoms with van der Waals surface area (Å²) in [6, 6.07) is 0. The minimum Gasteiger partial charge on any atom is -0.301 e. The van der Waals surface area contributed by atoms with Gasteiger partial charge in [0.05, 0.1) is 5.54 Å². The second kappa shape index (κ2) is 4.09. The van der Waals surface area contributed by atoms with Crippen molar-refractivity contribution >= 4 is 6.21 Å². The topological polar surface area (TPSA) is 24.4 Å². The third-order valence-corrected chi connectivity index (χ3v) is 3.96. The van der Waals surface area contributed by atoms with Crippen LogP contribution in [0.15, 0.2) is 17.3 Å². The summed E-state index contributed by atoms with van der Waals surface area (Å²) < 4.78 is 0. The van der Waals surface area contributed by atoms with Crippen molar-refractivity contribution in [1.29, 1.82) is 0 Å². The summed E-state index contributed by atoms with van der Waals surface area (Å²) in [7, 11) is 0. The molecule has 1 fully saturated rings. The van der Waals surface area contributed by atoms with Crippen LogP contribution in [-0.2, 0) is 0 Å². The van der Waals surface area contributed by atoms with Crippen LogP contribution >= 0.6 is 0 Å². The Kier molecular flexibility index (Phi) is 2.96. The summed E-state index contributed by atoms with van der Waals surface area (Å²) in [5.74, 6) is 0. The van der Waals surface area contributed by atoms with Gasteiger partial charge < -0.3 is 5.32 Å². The molecule has 0 aliphatic carbocycles. The van der Waals surface area contributed by atoms with Crippen LogP contribution in [0.1, 0.15) is 52.4 Å². The molecule has 0 aromatic carbocycles. The maximum atomic E-state index is 4.40. The average Bonchev–Trinajstić information content (AvgIpc) is 2.59.